The third-order valence-corrected chi connectivity index (χ3v) is 2.16. The minimum absolute atomic E-state index is 0.422. The van der Waals surface area contributed by atoms with Crippen molar-refractivity contribution in [2.24, 2.45) is 0 Å². The number of hydrogen-bond donors (Lipinski definition) is 1. The number of hydrogen-bond acceptors (Lipinski definition) is 4. The number of rotatable bonds is 1. The van der Waals surface area contributed by atoms with E-state index in [2.05, 4.69) is 25.9 Å². The Morgan fingerprint density at radius 2 is 2.31 bits per heavy atom. The Hall–Kier alpha value is -1.36. The molecule has 0 unspecified atom stereocenters. The Morgan fingerprint density at radius 3 is 2.92 bits per heavy atom. The molecule has 13 heavy (non-hydrogen) atoms. The van der Waals surface area contributed by atoms with Crippen molar-refractivity contribution in [2.45, 2.75) is 0 Å². The third kappa shape index (κ3) is 1.55. The number of nitrogens with two attached hydrogens (primary N) is 1. The number of nitrogen functional groups attached to an aromatic ring is 1. The molecule has 5 heteroatoms. The largest absolute Gasteiger partial charge is 0.472 e. The van der Waals surface area contributed by atoms with Gasteiger partial charge in [-0.25, -0.2) is 9.97 Å². The van der Waals surface area contributed by atoms with Crippen LogP contribution in [-0.2, 0) is 0 Å². The van der Waals surface area contributed by atoms with Crippen LogP contribution < -0.4 is 5.73 Å². The summed E-state index contributed by atoms with van der Waals surface area (Å²) in [7, 11) is 0. The lowest BCUT2D eigenvalue weighted by Gasteiger charge is -1.98. The monoisotopic (exact) mass is 239 g/mol. The summed E-state index contributed by atoms with van der Waals surface area (Å²) in [5.41, 5.74) is 6.42. The van der Waals surface area contributed by atoms with Gasteiger partial charge in [0.15, 0.2) is 5.82 Å². The number of nitrogens with zero attached hydrogens (tertiary/aromatic N) is 2. The van der Waals surface area contributed by atoms with Crippen molar-refractivity contribution in [3.63, 3.8) is 0 Å². The van der Waals surface area contributed by atoms with Crippen molar-refractivity contribution in [1.82, 2.24) is 9.97 Å². The molecule has 0 bridgehead atoms. The van der Waals surface area contributed by atoms with Crippen LogP contribution in [0.2, 0.25) is 0 Å². The highest BCUT2D eigenvalue weighted by Gasteiger charge is 2.04. The van der Waals surface area contributed by atoms with Crippen molar-refractivity contribution in [3.8, 4) is 11.4 Å². The summed E-state index contributed by atoms with van der Waals surface area (Å²) in [5, 5.41) is 0. The van der Waals surface area contributed by atoms with Crippen LogP contribution in [0, 0.1) is 0 Å². The molecule has 0 aliphatic heterocycles. The number of furan rings is 1. The average Bonchev–Trinajstić information content (AvgIpc) is 2.62. The van der Waals surface area contributed by atoms with Crippen molar-refractivity contribution < 1.29 is 4.42 Å². The Balaban J connectivity index is 2.49. The predicted molar refractivity (Wildman–Crippen MR) is 51.8 cm³/mol. The summed E-state index contributed by atoms with van der Waals surface area (Å²) in [5.74, 6) is 0.987. The SMILES string of the molecule is Nc1nc(-c2ccoc2)ncc1Br. The lowest BCUT2D eigenvalue weighted by atomic mass is 10.3. The zero-order valence-electron chi connectivity index (χ0n) is 6.57. The van der Waals surface area contributed by atoms with Crippen molar-refractivity contribution in [3.05, 3.63) is 29.3 Å². The minimum atomic E-state index is 0.422. The van der Waals surface area contributed by atoms with Gasteiger partial charge in [0.2, 0.25) is 0 Å². The lowest BCUT2D eigenvalue weighted by Crippen LogP contribution is -1.95. The molecule has 0 aliphatic rings. The third-order valence-electron chi connectivity index (χ3n) is 1.55. The Kier molecular flexibility index (Phi) is 2.02. The average molecular weight is 240 g/mol. The number of anilines is 1. The van der Waals surface area contributed by atoms with Crippen LogP contribution >= 0.6 is 15.9 Å². The van der Waals surface area contributed by atoms with Gasteiger partial charge in [-0.1, -0.05) is 0 Å². The number of aromatic nitrogens is 2. The first-order chi connectivity index (χ1) is 6.27. The number of halogens is 1. The Bertz CT molecular complexity index is 413. The highest BCUT2D eigenvalue weighted by molar-refractivity contribution is 9.10. The molecule has 2 N–H and O–H groups in total. The molecule has 0 fully saturated rings. The van der Waals surface area contributed by atoms with E-state index in [0.717, 1.165) is 5.56 Å². The molecule has 0 aliphatic carbocycles. The quantitative estimate of drug-likeness (QED) is 0.828. The van der Waals surface area contributed by atoms with Gasteiger partial charge in [0.25, 0.3) is 0 Å². The van der Waals surface area contributed by atoms with Crippen LogP contribution in [0.4, 0.5) is 5.82 Å². The normalized spacial score (nSPS) is 10.2. The van der Waals surface area contributed by atoms with E-state index in [1.807, 2.05) is 0 Å². The van der Waals surface area contributed by atoms with Gasteiger partial charge in [-0.15, -0.1) is 0 Å². The van der Waals surface area contributed by atoms with Gasteiger partial charge in [-0.05, 0) is 22.0 Å². The molecule has 2 aromatic rings. The van der Waals surface area contributed by atoms with Gasteiger partial charge < -0.3 is 10.2 Å². The fraction of sp³-hybridized carbons (Fsp3) is 0. The van der Waals surface area contributed by atoms with Gasteiger partial charge in [0.05, 0.1) is 16.3 Å². The van der Waals surface area contributed by atoms with Crippen molar-refractivity contribution >= 4 is 21.7 Å². The van der Waals surface area contributed by atoms with Crippen LogP contribution in [0.15, 0.2) is 33.7 Å². The first-order valence-electron chi connectivity index (χ1n) is 3.58. The van der Waals surface area contributed by atoms with E-state index in [0.29, 0.717) is 16.1 Å². The maximum atomic E-state index is 5.60. The second-order valence-electron chi connectivity index (χ2n) is 2.44. The first kappa shape index (κ1) is 8.25. The van der Waals surface area contributed by atoms with Gasteiger partial charge in [-0.3, -0.25) is 0 Å². The molecular formula is C8H6BrN3O. The van der Waals surface area contributed by atoms with Crippen LogP contribution in [-0.4, -0.2) is 9.97 Å². The molecule has 0 amide bonds. The maximum Gasteiger partial charge on any atom is 0.164 e. The molecule has 66 valence electrons. The van der Waals surface area contributed by atoms with Crippen molar-refractivity contribution in [1.29, 1.82) is 0 Å². The zero-order valence-corrected chi connectivity index (χ0v) is 8.15. The fourth-order valence-corrected chi connectivity index (χ4v) is 1.10. The highest BCUT2D eigenvalue weighted by atomic mass is 79.9. The summed E-state index contributed by atoms with van der Waals surface area (Å²) in [4.78, 5) is 8.16. The molecule has 0 saturated carbocycles. The smallest absolute Gasteiger partial charge is 0.164 e. The molecule has 0 aromatic carbocycles. The summed E-state index contributed by atoms with van der Waals surface area (Å²) < 4.78 is 5.60. The van der Waals surface area contributed by atoms with Crippen molar-refractivity contribution in [2.75, 3.05) is 5.73 Å². The van der Waals surface area contributed by atoms with Crippen LogP contribution in [0.25, 0.3) is 11.4 Å². The fourth-order valence-electron chi connectivity index (χ4n) is 0.911. The maximum absolute atomic E-state index is 5.60. The second kappa shape index (κ2) is 3.18. The van der Waals surface area contributed by atoms with Gasteiger partial charge in [0, 0.05) is 6.20 Å². The van der Waals surface area contributed by atoms with Crippen LogP contribution in [0.5, 0.6) is 0 Å². The molecule has 2 aromatic heterocycles. The molecule has 0 radical (unpaired) electrons. The molecule has 0 saturated heterocycles. The lowest BCUT2D eigenvalue weighted by molar-refractivity contribution is 0.568. The van der Waals surface area contributed by atoms with E-state index in [1.165, 1.54) is 0 Å². The molecular weight excluding hydrogens is 234 g/mol. The van der Waals surface area contributed by atoms with E-state index in [-0.39, 0.29) is 0 Å². The van der Waals surface area contributed by atoms with Gasteiger partial charge >= 0.3 is 0 Å². The first-order valence-corrected chi connectivity index (χ1v) is 4.37. The molecule has 0 atom stereocenters. The molecule has 4 nitrogen and oxygen atoms in total. The molecule has 2 rings (SSSR count). The highest BCUT2D eigenvalue weighted by Crippen LogP contribution is 2.20. The van der Waals surface area contributed by atoms with E-state index in [1.54, 1.807) is 24.8 Å². The Labute approximate surface area is 82.9 Å². The Morgan fingerprint density at radius 1 is 1.46 bits per heavy atom. The topological polar surface area (TPSA) is 64.9 Å². The summed E-state index contributed by atoms with van der Waals surface area (Å²) in [6.07, 6.45) is 4.75. The zero-order chi connectivity index (χ0) is 9.26. The van der Waals surface area contributed by atoms with Crippen LogP contribution in [0.1, 0.15) is 0 Å². The predicted octanol–water partition coefficient (Wildman–Crippen LogP) is 2.08. The van der Waals surface area contributed by atoms with E-state index < -0.39 is 0 Å². The standard InChI is InChI=1S/C8H6BrN3O/c9-6-3-11-8(12-7(6)10)5-1-2-13-4-5/h1-4H,(H2,10,11,12). The second-order valence-corrected chi connectivity index (χ2v) is 3.29. The molecule has 2 heterocycles. The summed E-state index contributed by atoms with van der Waals surface area (Å²) in [6.45, 7) is 0. The molecule has 0 spiro atoms. The summed E-state index contributed by atoms with van der Waals surface area (Å²) in [6, 6.07) is 1.78. The van der Waals surface area contributed by atoms with E-state index >= 15 is 0 Å². The van der Waals surface area contributed by atoms with Gasteiger partial charge in [-0.2, -0.15) is 0 Å². The minimum Gasteiger partial charge on any atom is -0.472 e. The van der Waals surface area contributed by atoms with E-state index in [9.17, 15) is 0 Å². The van der Waals surface area contributed by atoms with Crippen LogP contribution in [0.3, 0.4) is 0 Å². The van der Waals surface area contributed by atoms with E-state index in [4.69, 9.17) is 10.2 Å². The summed E-state index contributed by atoms with van der Waals surface area (Å²) >= 11 is 3.22. The van der Waals surface area contributed by atoms with Gasteiger partial charge in [0.1, 0.15) is 12.1 Å².